The van der Waals surface area contributed by atoms with Gasteiger partial charge in [0.2, 0.25) is 11.9 Å². The van der Waals surface area contributed by atoms with E-state index in [2.05, 4.69) is 15.3 Å². The van der Waals surface area contributed by atoms with Crippen LogP contribution in [-0.4, -0.2) is 21.9 Å². The molecule has 0 radical (unpaired) electrons. The fourth-order valence-corrected chi connectivity index (χ4v) is 2.25. The van der Waals surface area contributed by atoms with Crippen LogP contribution in [0, 0.1) is 5.82 Å². The van der Waals surface area contributed by atoms with E-state index in [-0.39, 0.29) is 24.1 Å². The summed E-state index contributed by atoms with van der Waals surface area (Å²) in [5.41, 5.74) is 6.04. The molecule has 5 nitrogen and oxygen atoms in total. The Morgan fingerprint density at radius 1 is 1.63 bits per heavy atom. The van der Waals surface area contributed by atoms with Gasteiger partial charge in [-0.3, -0.25) is 4.79 Å². The van der Waals surface area contributed by atoms with Crippen molar-refractivity contribution in [3.05, 3.63) is 28.8 Å². The molecule has 1 unspecified atom stereocenters. The van der Waals surface area contributed by atoms with E-state index in [0.29, 0.717) is 5.56 Å². The highest BCUT2D eigenvalue weighted by Gasteiger charge is 2.12. The van der Waals surface area contributed by atoms with E-state index in [4.69, 9.17) is 5.73 Å². The third kappa shape index (κ3) is 3.47. The van der Waals surface area contributed by atoms with Gasteiger partial charge in [-0.1, -0.05) is 0 Å². The number of rotatable bonds is 5. The molecule has 1 amide bonds. The van der Waals surface area contributed by atoms with Gasteiger partial charge in [0.1, 0.15) is 5.69 Å². The van der Waals surface area contributed by atoms with Crippen molar-refractivity contribution < 1.29 is 9.18 Å². The Morgan fingerprint density at radius 2 is 2.42 bits per heavy atom. The van der Waals surface area contributed by atoms with Gasteiger partial charge in [0.15, 0.2) is 5.82 Å². The molecule has 0 aliphatic rings. The maximum absolute atomic E-state index is 13.7. The zero-order valence-corrected chi connectivity index (χ0v) is 11.1. The Balaban J connectivity index is 2.19. The quantitative estimate of drug-likeness (QED) is 0.878. The highest BCUT2D eigenvalue weighted by Crippen LogP contribution is 2.23. The number of nitrogens with zero attached hydrogens (tertiary/aromatic N) is 2. The standard InChI is InChI=1S/C12H13FN4OS/c1-7(4-10(14)18)16-12-15-5-9(13)11(17-12)8-2-3-19-6-8/h2-3,5-7H,4H2,1H3,(H2,14,18)(H,15,16,17). The lowest BCUT2D eigenvalue weighted by atomic mass is 10.2. The maximum atomic E-state index is 13.7. The van der Waals surface area contributed by atoms with Crippen LogP contribution in [0.5, 0.6) is 0 Å². The zero-order chi connectivity index (χ0) is 13.8. The van der Waals surface area contributed by atoms with Crippen molar-refractivity contribution in [1.82, 2.24) is 9.97 Å². The average molecular weight is 280 g/mol. The minimum absolute atomic E-state index is 0.161. The van der Waals surface area contributed by atoms with Crippen molar-refractivity contribution in [2.24, 2.45) is 5.73 Å². The lowest BCUT2D eigenvalue weighted by Crippen LogP contribution is -2.25. The summed E-state index contributed by atoms with van der Waals surface area (Å²) in [6.07, 6.45) is 1.27. The molecular weight excluding hydrogens is 267 g/mol. The normalized spacial score (nSPS) is 12.1. The van der Waals surface area contributed by atoms with Crippen molar-refractivity contribution in [3.63, 3.8) is 0 Å². The highest BCUT2D eigenvalue weighted by molar-refractivity contribution is 7.08. The smallest absolute Gasteiger partial charge is 0.223 e. The molecule has 2 rings (SSSR count). The van der Waals surface area contributed by atoms with E-state index in [9.17, 15) is 9.18 Å². The second kappa shape index (κ2) is 5.75. The van der Waals surface area contributed by atoms with E-state index in [0.717, 1.165) is 6.20 Å². The number of carbonyl (C=O) groups is 1. The summed E-state index contributed by atoms with van der Waals surface area (Å²) < 4.78 is 13.7. The van der Waals surface area contributed by atoms with Crippen LogP contribution in [0.4, 0.5) is 10.3 Å². The number of nitrogens with two attached hydrogens (primary N) is 1. The van der Waals surface area contributed by atoms with Gasteiger partial charge < -0.3 is 11.1 Å². The molecule has 2 aromatic heterocycles. The molecule has 0 spiro atoms. The molecule has 2 aromatic rings. The van der Waals surface area contributed by atoms with E-state index >= 15 is 0 Å². The van der Waals surface area contributed by atoms with E-state index in [1.807, 2.05) is 10.8 Å². The maximum Gasteiger partial charge on any atom is 0.223 e. The molecule has 100 valence electrons. The number of anilines is 1. The Kier molecular flexibility index (Phi) is 4.06. The van der Waals surface area contributed by atoms with Crippen LogP contribution in [-0.2, 0) is 4.79 Å². The summed E-state index contributed by atoms with van der Waals surface area (Å²) in [5, 5.41) is 6.57. The van der Waals surface area contributed by atoms with Gasteiger partial charge in [-0.05, 0) is 18.4 Å². The number of aromatic nitrogens is 2. The van der Waals surface area contributed by atoms with Crippen LogP contribution in [0.15, 0.2) is 23.0 Å². The Labute approximate surface area is 113 Å². The molecule has 0 aliphatic heterocycles. The van der Waals surface area contributed by atoms with Crippen molar-refractivity contribution >= 4 is 23.2 Å². The van der Waals surface area contributed by atoms with E-state index in [1.54, 1.807) is 13.0 Å². The molecular formula is C12H13FN4OS. The van der Waals surface area contributed by atoms with Crippen molar-refractivity contribution in [2.45, 2.75) is 19.4 Å². The number of halogens is 1. The molecule has 0 saturated heterocycles. The fourth-order valence-electron chi connectivity index (χ4n) is 1.61. The number of nitrogens with one attached hydrogen (secondary N) is 1. The van der Waals surface area contributed by atoms with Gasteiger partial charge in [0.05, 0.1) is 6.20 Å². The fraction of sp³-hybridized carbons (Fsp3) is 0.250. The number of amides is 1. The number of hydrogen-bond acceptors (Lipinski definition) is 5. The summed E-state index contributed by atoms with van der Waals surface area (Å²) in [5.74, 6) is -0.622. The zero-order valence-electron chi connectivity index (χ0n) is 10.3. The summed E-state index contributed by atoms with van der Waals surface area (Å²) in [6, 6.07) is 1.57. The number of carbonyl (C=O) groups excluding carboxylic acids is 1. The van der Waals surface area contributed by atoms with Gasteiger partial charge in [-0.25, -0.2) is 14.4 Å². The Morgan fingerprint density at radius 3 is 3.05 bits per heavy atom. The minimum Gasteiger partial charge on any atom is -0.370 e. The molecule has 2 heterocycles. The monoisotopic (exact) mass is 280 g/mol. The van der Waals surface area contributed by atoms with Crippen molar-refractivity contribution in [1.29, 1.82) is 0 Å². The van der Waals surface area contributed by atoms with Crippen LogP contribution in [0.2, 0.25) is 0 Å². The number of thiophene rings is 1. The first-order valence-electron chi connectivity index (χ1n) is 5.66. The number of hydrogen-bond donors (Lipinski definition) is 2. The summed E-state index contributed by atoms with van der Waals surface area (Å²) in [7, 11) is 0. The van der Waals surface area contributed by atoms with Gasteiger partial charge in [-0.2, -0.15) is 11.3 Å². The molecule has 1 atom stereocenters. The van der Waals surface area contributed by atoms with Crippen LogP contribution < -0.4 is 11.1 Å². The summed E-state index contributed by atoms with van der Waals surface area (Å²) in [4.78, 5) is 18.8. The number of primary amides is 1. The molecule has 7 heteroatoms. The first kappa shape index (κ1) is 13.4. The Hall–Kier alpha value is -2.02. The van der Waals surface area contributed by atoms with Crippen molar-refractivity contribution in [2.75, 3.05) is 5.32 Å². The lowest BCUT2D eigenvalue weighted by Gasteiger charge is -2.12. The second-order valence-corrected chi connectivity index (χ2v) is 4.90. The van der Waals surface area contributed by atoms with Crippen LogP contribution >= 0.6 is 11.3 Å². The molecule has 0 bridgehead atoms. The van der Waals surface area contributed by atoms with Crippen LogP contribution in [0.25, 0.3) is 11.3 Å². The SMILES string of the molecule is CC(CC(N)=O)Nc1ncc(F)c(-c2ccsc2)n1. The minimum atomic E-state index is -0.480. The summed E-state index contributed by atoms with van der Waals surface area (Å²) in [6.45, 7) is 1.78. The lowest BCUT2D eigenvalue weighted by molar-refractivity contribution is -0.118. The third-order valence-corrected chi connectivity index (χ3v) is 3.10. The molecule has 3 N–H and O–H groups in total. The van der Waals surface area contributed by atoms with Crippen LogP contribution in [0.3, 0.4) is 0 Å². The van der Waals surface area contributed by atoms with Crippen LogP contribution in [0.1, 0.15) is 13.3 Å². The van der Waals surface area contributed by atoms with Gasteiger partial charge in [0.25, 0.3) is 0 Å². The van der Waals surface area contributed by atoms with Gasteiger partial charge in [-0.15, -0.1) is 0 Å². The summed E-state index contributed by atoms with van der Waals surface area (Å²) >= 11 is 1.46. The molecule has 19 heavy (non-hydrogen) atoms. The van der Waals surface area contributed by atoms with Crippen molar-refractivity contribution in [3.8, 4) is 11.3 Å². The van der Waals surface area contributed by atoms with Gasteiger partial charge in [0, 0.05) is 23.4 Å². The molecule has 0 saturated carbocycles. The topological polar surface area (TPSA) is 80.9 Å². The van der Waals surface area contributed by atoms with E-state index < -0.39 is 11.7 Å². The predicted octanol–water partition coefficient (Wildman–Crippen LogP) is 2.02. The average Bonchev–Trinajstić information content (AvgIpc) is 2.84. The Bertz CT molecular complexity index is 573. The molecule has 0 aliphatic carbocycles. The molecule has 0 fully saturated rings. The second-order valence-electron chi connectivity index (χ2n) is 4.12. The third-order valence-electron chi connectivity index (χ3n) is 2.42. The molecule has 0 aromatic carbocycles. The van der Waals surface area contributed by atoms with E-state index in [1.165, 1.54) is 11.3 Å². The largest absolute Gasteiger partial charge is 0.370 e. The highest BCUT2D eigenvalue weighted by atomic mass is 32.1. The first-order valence-corrected chi connectivity index (χ1v) is 6.60. The predicted molar refractivity (Wildman–Crippen MR) is 72.2 cm³/mol. The van der Waals surface area contributed by atoms with Gasteiger partial charge >= 0.3 is 0 Å². The first-order chi connectivity index (χ1) is 9.06.